The van der Waals surface area contributed by atoms with E-state index < -0.39 is 28.6 Å². The normalized spacial score (nSPS) is 12.3. The third kappa shape index (κ3) is 5.86. The zero-order valence-corrected chi connectivity index (χ0v) is 14.2. The minimum Gasteiger partial charge on any atom is -0.480 e. The van der Waals surface area contributed by atoms with E-state index in [-0.39, 0.29) is 12.1 Å². The van der Waals surface area contributed by atoms with Crippen LogP contribution in [0.25, 0.3) is 0 Å². The van der Waals surface area contributed by atoms with Crippen molar-refractivity contribution in [2.75, 3.05) is 0 Å². The minimum atomic E-state index is -1.25. The van der Waals surface area contributed by atoms with E-state index >= 15 is 0 Å². The molecule has 1 aromatic carbocycles. The molecule has 0 aliphatic heterocycles. The molecule has 1 rings (SSSR count). The summed E-state index contributed by atoms with van der Waals surface area (Å²) in [6, 6.07) is 3.32. The van der Waals surface area contributed by atoms with Gasteiger partial charge >= 0.3 is 12.1 Å². The Hall–Kier alpha value is -2.64. The molecule has 0 aliphatic carbocycles. The van der Waals surface area contributed by atoms with Crippen molar-refractivity contribution >= 4 is 17.7 Å². The number of hydrogen-bond donors (Lipinski definition) is 2. The van der Waals surface area contributed by atoms with E-state index in [0.717, 1.165) is 0 Å². The second kappa shape index (κ2) is 7.76. The molecule has 0 spiro atoms. The first-order chi connectivity index (χ1) is 11.0. The largest absolute Gasteiger partial charge is 0.480 e. The molecule has 0 saturated heterocycles. The predicted octanol–water partition coefficient (Wildman–Crippen LogP) is 2.68. The van der Waals surface area contributed by atoms with Gasteiger partial charge in [-0.15, -0.1) is 0 Å². The third-order valence-corrected chi connectivity index (χ3v) is 3.16. The minimum absolute atomic E-state index is 0.0589. The SMILES string of the molecule is CCc1ccc(CC(NC(=O)OC(C)(C)C)C(=O)O)cc1[N+](=O)[O-]. The average Bonchev–Trinajstić information content (AvgIpc) is 2.44. The first kappa shape index (κ1) is 19.4. The fourth-order valence-electron chi connectivity index (χ4n) is 2.09. The lowest BCUT2D eigenvalue weighted by atomic mass is 10.0. The van der Waals surface area contributed by atoms with E-state index in [9.17, 15) is 24.8 Å². The third-order valence-electron chi connectivity index (χ3n) is 3.16. The molecule has 0 aromatic heterocycles. The molecular formula is C16H22N2O6. The van der Waals surface area contributed by atoms with Crippen molar-refractivity contribution in [3.63, 3.8) is 0 Å². The molecule has 0 fully saturated rings. The number of nitro groups is 1. The van der Waals surface area contributed by atoms with Crippen molar-refractivity contribution in [1.29, 1.82) is 0 Å². The fourth-order valence-corrected chi connectivity index (χ4v) is 2.09. The quantitative estimate of drug-likeness (QED) is 0.608. The molecule has 1 amide bonds. The first-order valence-corrected chi connectivity index (χ1v) is 7.52. The highest BCUT2D eigenvalue weighted by atomic mass is 16.6. The van der Waals surface area contributed by atoms with Crippen LogP contribution < -0.4 is 5.32 Å². The van der Waals surface area contributed by atoms with Crippen LogP contribution in [0.15, 0.2) is 18.2 Å². The van der Waals surface area contributed by atoms with Gasteiger partial charge in [-0.25, -0.2) is 9.59 Å². The summed E-state index contributed by atoms with van der Waals surface area (Å²) >= 11 is 0. The molecule has 0 radical (unpaired) electrons. The topological polar surface area (TPSA) is 119 Å². The van der Waals surface area contributed by atoms with Gasteiger partial charge in [-0.3, -0.25) is 10.1 Å². The van der Waals surface area contributed by atoms with E-state index in [2.05, 4.69) is 5.32 Å². The Labute approximate surface area is 140 Å². The number of nitro benzene ring substituents is 1. The molecule has 0 aliphatic rings. The van der Waals surface area contributed by atoms with Gasteiger partial charge < -0.3 is 15.2 Å². The summed E-state index contributed by atoms with van der Waals surface area (Å²) in [7, 11) is 0. The van der Waals surface area contributed by atoms with Crippen LogP contribution in [0.2, 0.25) is 0 Å². The number of hydrogen-bond acceptors (Lipinski definition) is 5. The van der Waals surface area contributed by atoms with Crippen molar-refractivity contribution < 1.29 is 24.4 Å². The van der Waals surface area contributed by atoms with Crippen LogP contribution in [0.4, 0.5) is 10.5 Å². The zero-order chi connectivity index (χ0) is 18.5. The second-order valence-corrected chi connectivity index (χ2v) is 6.31. The molecule has 1 unspecified atom stereocenters. The number of carbonyl (C=O) groups is 2. The van der Waals surface area contributed by atoms with Crippen LogP contribution in [0.1, 0.15) is 38.8 Å². The van der Waals surface area contributed by atoms with E-state index in [0.29, 0.717) is 17.5 Å². The van der Waals surface area contributed by atoms with E-state index in [1.54, 1.807) is 39.8 Å². The lowest BCUT2D eigenvalue weighted by Crippen LogP contribution is -2.44. The van der Waals surface area contributed by atoms with E-state index in [4.69, 9.17) is 4.74 Å². The average molecular weight is 338 g/mol. The van der Waals surface area contributed by atoms with Gasteiger partial charge in [-0.1, -0.05) is 19.1 Å². The summed E-state index contributed by atoms with van der Waals surface area (Å²) in [5.41, 5.74) is 0.198. The number of carbonyl (C=O) groups excluding carboxylic acids is 1. The number of ether oxygens (including phenoxy) is 1. The molecule has 24 heavy (non-hydrogen) atoms. The van der Waals surface area contributed by atoms with Crippen molar-refractivity contribution in [2.45, 2.75) is 52.2 Å². The number of benzene rings is 1. The summed E-state index contributed by atoms with van der Waals surface area (Å²) in [6.07, 6.45) is -0.441. The Morgan fingerprint density at radius 2 is 2.00 bits per heavy atom. The predicted molar refractivity (Wildman–Crippen MR) is 87.0 cm³/mol. The first-order valence-electron chi connectivity index (χ1n) is 7.52. The van der Waals surface area contributed by atoms with Gasteiger partial charge in [0.15, 0.2) is 0 Å². The Bertz CT molecular complexity index is 636. The lowest BCUT2D eigenvalue weighted by Gasteiger charge is -2.22. The Balaban J connectivity index is 2.93. The van der Waals surface area contributed by atoms with Crippen LogP contribution in [-0.2, 0) is 22.4 Å². The second-order valence-electron chi connectivity index (χ2n) is 6.31. The number of amides is 1. The molecule has 8 nitrogen and oxygen atoms in total. The van der Waals surface area contributed by atoms with Crippen LogP contribution >= 0.6 is 0 Å². The van der Waals surface area contributed by atoms with Crippen LogP contribution in [0, 0.1) is 10.1 Å². The number of nitrogens with one attached hydrogen (secondary N) is 1. The highest BCUT2D eigenvalue weighted by Crippen LogP contribution is 2.21. The Morgan fingerprint density at radius 3 is 2.46 bits per heavy atom. The van der Waals surface area contributed by atoms with Crippen molar-refractivity contribution in [2.24, 2.45) is 0 Å². The maximum Gasteiger partial charge on any atom is 0.408 e. The maximum atomic E-state index is 11.7. The molecule has 0 saturated carbocycles. The monoisotopic (exact) mass is 338 g/mol. The standard InChI is InChI=1S/C16H22N2O6/c1-5-11-7-6-10(9-13(11)18(22)23)8-12(14(19)20)17-15(21)24-16(2,3)4/h6-7,9,12H,5,8H2,1-4H3,(H,17,21)(H,19,20). The number of carboxylic acids is 1. The summed E-state index contributed by atoms with van der Waals surface area (Å²) in [5, 5.41) is 22.6. The highest BCUT2D eigenvalue weighted by Gasteiger charge is 2.25. The fraction of sp³-hybridized carbons (Fsp3) is 0.500. The van der Waals surface area contributed by atoms with Crippen molar-refractivity contribution in [1.82, 2.24) is 5.32 Å². The van der Waals surface area contributed by atoms with Crippen LogP contribution in [0.3, 0.4) is 0 Å². The number of nitrogens with zero attached hydrogens (tertiary/aromatic N) is 1. The molecule has 1 aromatic rings. The van der Waals surface area contributed by atoms with Gasteiger partial charge in [-0.2, -0.15) is 0 Å². The Kier molecular flexibility index (Phi) is 6.27. The van der Waals surface area contributed by atoms with Gasteiger partial charge in [0.2, 0.25) is 0 Å². The van der Waals surface area contributed by atoms with Gasteiger partial charge in [0.1, 0.15) is 11.6 Å². The molecule has 1 atom stereocenters. The van der Waals surface area contributed by atoms with Crippen LogP contribution in [0.5, 0.6) is 0 Å². The molecule has 0 heterocycles. The highest BCUT2D eigenvalue weighted by molar-refractivity contribution is 5.80. The van der Waals surface area contributed by atoms with Gasteiger partial charge in [0.25, 0.3) is 5.69 Å². The molecule has 2 N–H and O–H groups in total. The van der Waals surface area contributed by atoms with Crippen molar-refractivity contribution in [3.8, 4) is 0 Å². The zero-order valence-electron chi connectivity index (χ0n) is 14.2. The van der Waals surface area contributed by atoms with Crippen LogP contribution in [-0.4, -0.2) is 33.7 Å². The van der Waals surface area contributed by atoms with Gasteiger partial charge in [-0.05, 0) is 32.8 Å². The number of rotatable bonds is 6. The molecule has 8 heteroatoms. The Morgan fingerprint density at radius 1 is 1.38 bits per heavy atom. The van der Waals surface area contributed by atoms with E-state index in [1.807, 2.05) is 0 Å². The number of aryl methyl sites for hydroxylation is 1. The molecule has 0 bridgehead atoms. The molecule has 132 valence electrons. The maximum absolute atomic E-state index is 11.7. The number of alkyl carbamates (subject to hydrolysis) is 1. The van der Waals surface area contributed by atoms with Gasteiger partial charge in [0, 0.05) is 18.1 Å². The number of carboxylic acid groups (broad SMARTS) is 1. The summed E-state index contributed by atoms with van der Waals surface area (Å²) < 4.78 is 5.03. The number of aliphatic carboxylic acids is 1. The molecular weight excluding hydrogens is 316 g/mol. The summed E-state index contributed by atoms with van der Waals surface area (Å²) in [6.45, 7) is 6.78. The van der Waals surface area contributed by atoms with Crippen molar-refractivity contribution in [3.05, 3.63) is 39.4 Å². The van der Waals surface area contributed by atoms with Gasteiger partial charge in [0.05, 0.1) is 4.92 Å². The summed E-state index contributed by atoms with van der Waals surface area (Å²) in [5.74, 6) is -1.25. The summed E-state index contributed by atoms with van der Waals surface area (Å²) in [4.78, 5) is 33.7. The van der Waals surface area contributed by atoms with E-state index in [1.165, 1.54) is 6.07 Å². The smallest absolute Gasteiger partial charge is 0.408 e. The lowest BCUT2D eigenvalue weighted by molar-refractivity contribution is -0.385.